The van der Waals surface area contributed by atoms with Crippen molar-refractivity contribution < 1.29 is 19.0 Å². The smallest absolute Gasteiger partial charge is 0.328 e. The minimum Gasteiger partial charge on any atom is -0.480 e. The summed E-state index contributed by atoms with van der Waals surface area (Å²) >= 11 is 0. The summed E-state index contributed by atoms with van der Waals surface area (Å²) in [5.41, 5.74) is 0.174. The van der Waals surface area contributed by atoms with Gasteiger partial charge in [0.2, 0.25) is 0 Å². The standard InChI is InChI=1S/C14H18FNO3/c1-14(19-10-15)8-3-4-11(7-9-14)5-6-12(16-2)13(17)18/h3-4,7-9,12H,2,5-6,10H2,1H3,(H,17,18). The average molecular weight is 267 g/mol. The number of ether oxygens (including phenoxy) is 1. The molecule has 0 fully saturated rings. The summed E-state index contributed by atoms with van der Waals surface area (Å²) in [6.45, 7) is 4.16. The second kappa shape index (κ2) is 6.99. The van der Waals surface area contributed by atoms with Crippen molar-refractivity contribution >= 4 is 12.7 Å². The van der Waals surface area contributed by atoms with E-state index < -0.39 is 24.5 Å². The molecular formula is C14H18FNO3. The van der Waals surface area contributed by atoms with Gasteiger partial charge in [0, 0.05) is 0 Å². The van der Waals surface area contributed by atoms with Crippen molar-refractivity contribution in [2.75, 3.05) is 6.86 Å². The van der Waals surface area contributed by atoms with Crippen LogP contribution >= 0.6 is 0 Å². The molecule has 0 spiro atoms. The van der Waals surface area contributed by atoms with Crippen molar-refractivity contribution in [2.45, 2.75) is 31.4 Å². The highest BCUT2D eigenvalue weighted by molar-refractivity contribution is 5.74. The molecule has 1 aliphatic rings. The fraction of sp³-hybridized carbons (Fsp3) is 0.429. The van der Waals surface area contributed by atoms with Gasteiger partial charge < -0.3 is 9.84 Å². The van der Waals surface area contributed by atoms with Crippen LogP contribution in [0.25, 0.3) is 0 Å². The number of hydrogen-bond donors (Lipinski definition) is 1. The van der Waals surface area contributed by atoms with Gasteiger partial charge in [0.1, 0.15) is 11.6 Å². The van der Waals surface area contributed by atoms with Crippen LogP contribution in [0.4, 0.5) is 4.39 Å². The highest BCUT2D eigenvalue weighted by atomic mass is 19.1. The number of aliphatic imine (C=N–C) groups is 1. The van der Waals surface area contributed by atoms with Gasteiger partial charge in [0.05, 0.1) is 0 Å². The molecule has 1 N–H and O–H groups in total. The van der Waals surface area contributed by atoms with E-state index in [1.54, 1.807) is 25.2 Å². The first kappa shape index (κ1) is 15.3. The van der Waals surface area contributed by atoms with Gasteiger partial charge in [-0.25, -0.2) is 9.18 Å². The normalized spacial score (nSPS) is 23.6. The molecular weight excluding hydrogens is 249 g/mol. The van der Waals surface area contributed by atoms with E-state index in [9.17, 15) is 9.18 Å². The number of carboxylic acids is 1. The van der Waals surface area contributed by atoms with Crippen LogP contribution in [0, 0.1) is 0 Å². The van der Waals surface area contributed by atoms with E-state index in [1.807, 2.05) is 12.2 Å². The first-order valence-corrected chi connectivity index (χ1v) is 5.97. The van der Waals surface area contributed by atoms with E-state index in [0.29, 0.717) is 12.8 Å². The maximum absolute atomic E-state index is 12.2. The van der Waals surface area contributed by atoms with Gasteiger partial charge in [-0.05, 0) is 44.2 Å². The molecule has 0 bridgehead atoms. The monoisotopic (exact) mass is 267 g/mol. The van der Waals surface area contributed by atoms with Gasteiger partial charge >= 0.3 is 5.97 Å². The molecule has 0 saturated heterocycles. The number of carboxylic acid groups (broad SMARTS) is 1. The highest BCUT2D eigenvalue weighted by Crippen LogP contribution is 2.21. The van der Waals surface area contributed by atoms with Gasteiger partial charge in [-0.3, -0.25) is 4.99 Å². The van der Waals surface area contributed by atoms with Crippen LogP contribution in [-0.4, -0.2) is 36.3 Å². The Kier molecular flexibility index (Phi) is 5.63. The van der Waals surface area contributed by atoms with Crippen LogP contribution in [0.5, 0.6) is 0 Å². The first-order chi connectivity index (χ1) is 9.00. The van der Waals surface area contributed by atoms with Crippen molar-refractivity contribution in [3.63, 3.8) is 0 Å². The van der Waals surface area contributed by atoms with Gasteiger partial charge in [-0.2, -0.15) is 0 Å². The number of aliphatic carboxylic acids is 1. The lowest BCUT2D eigenvalue weighted by Crippen LogP contribution is -2.22. The van der Waals surface area contributed by atoms with E-state index >= 15 is 0 Å². The van der Waals surface area contributed by atoms with E-state index in [1.165, 1.54) is 0 Å². The molecule has 0 aromatic carbocycles. The van der Waals surface area contributed by atoms with E-state index in [-0.39, 0.29) is 0 Å². The SMILES string of the molecule is C=NC(CCC1=CC=CC(C)(OCF)C=C1)C(=O)O. The molecule has 19 heavy (non-hydrogen) atoms. The van der Waals surface area contributed by atoms with Gasteiger partial charge in [-0.1, -0.05) is 18.2 Å². The van der Waals surface area contributed by atoms with Crippen molar-refractivity contribution in [3.8, 4) is 0 Å². The maximum atomic E-state index is 12.2. The topological polar surface area (TPSA) is 58.9 Å². The fourth-order valence-corrected chi connectivity index (χ4v) is 1.72. The van der Waals surface area contributed by atoms with E-state index in [0.717, 1.165) is 5.57 Å². The Morgan fingerprint density at radius 1 is 1.63 bits per heavy atom. The quantitative estimate of drug-likeness (QED) is 0.721. The zero-order chi connectivity index (χ0) is 14.3. The van der Waals surface area contributed by atoms with Crippen LogP contribution in [0.2, 0.25) is 0 Å². The summed E-state index contributed by atoms with van der Waals surface area (Å²) in [6.07, 6.45) is 9.88. The molecule has 0 amide bonds. The second-order valence-corrected chi connectivity index (χ2v) is 4.45. The molecule has 0 aromatic heterocycles. The minimum atomic E-state index is -0.977. The lowest BCUT2D eigenvalue weighted by Gasteiger charge is -2.19. The molecule has 2 unspecified atom stereocenters. The molecule has 1 aliphatic carbocycles. The summed E-state index contributed by atoms with van der Waals surface area (Å²) in [7, 11) is 0. The number of hydrogen-bond acceptors (Lipinski definition) is 3. The molecule has 5 heteroatoms. The second-order valence-electron chi connectivity index (χ2n) is 4.45. The molecule has 0 saturated carbocycles. The zero-order valence-electron chi connectivity index (χ0n) is 10.9. The van der Waals surface area contributed by atoms with Crippen LogP contribution in [0.1, 0.15) is 19.8 Å². The van der Waals surface area contributed by atoms with Crippen molar-refractivity contribution in [1.82, 2.24) is 0 Å². The number of nitrogens with zero attached hydrogens (tertiary/aromatic N) is 1. The summed E-state index contributed by atoms with van der Waals surface area (Å²) in [4.78, 5) is 14.4. The predicted octanol–water partition coefficient (Wildman–Crippen LogP) is 2.68. The number of rotatable bonds is 7. The Balaban J connectivity index is 2.62. The predicted molar refractivity (Wildman–Crippen MR) is 72.0 cm³/mol. The number of carbonyl (C=O) groups is 1. The molecule has 2 atom stereocenters. The molecule has 104 valence electrons. The number of halogens is 1. The van der Waals surface area contributed by atoms with Crippen molar-refractivity contribution in [1.29, 1.82) is 0 Å². The molecule has 4 nitrogen and oxygen atoms in total. The molecule has 1 rings (SSSR count). The van der Waals surface area contributed by atoms with E-state index in [4.69, 9.17) is 9.84 Å². The van der Waals surface area contributed by atoms with Crippen LogP contribution in [-0.2, 0) is 9.53 Å². The lowest BCUT2D eigenvalue weighted by atomic mass is 10.0. The van der Waals surface area contributed by atoms with E-state index in [2.05, 4.69) is 11.7 Å². The Labute approximate surface area is 112 Å². The summed E-state index contributed by atoms with van der Waals surface area (Å²) < 4.78 is 17.2. The Bertz CT molecular complexity index is 428. The average Bonchev–Trinajstić information content (AvgIpc) is 2.53. The van der Waals surface area contributed by atoms with Gasteiger partial charge in [0.25, 0.3) is 0 Å². The highest BCUT2D eigenvalue weighted by Gasteiger charge is 2.19. The largest absolute Gasteiger partial charge is 0.480 e. The Morgan fingerprint density at radius 3 is 2.95 bits per heavy atom. The zero-order valence-corrected chi connectivity index (χ0v) is 10.9. The lowest BCUT2D eigenvalue weighted by molar-refractivity contribution is -0.138. The number of alkyl halides is 1. The molecule has 0 aromatic rings. The number of allylic oxidation sites excluding steroid dienone is 4. The first-order valence-electron chi connectivity index (χ1n) is 5.97. The minimum absolute atomic E-state index is 0.379. The van der Waals surface area contributed by atoms with Gasteiger partial charge in [-0.15, -0.1) is 0 Å². The third-order valence-electron chi connectivity index (χ3n) is 2.94. The molecule has 0 aliphatic heterocycles. The summed E-state index contributed by atoms with van der Waals surface area (Å²) in [6, 6.07) is -0.796. The molecule has 0 radical (unpaired) electrons. The van der Waals surface area contributed by atoms with Gasteiger partial charge in [0.15, 0.2) is 6.86 Å². The summed E-state index contributed by atoms with van der Waals surface area (Å²) in [5, 5.41) is 8.86. The van der Waals surface area contributed by atoms with Crippen LogP contribution in [0.15, 0.2) is 40.9 Å². The maximum Gasteiger partial charge on any atom is 0.328 e. The summed E-state index contributed by atoms with van der Waals surface area (Å²) in [5.74, 6) is -0.977. The third-order valence-corrected chi connectivity index (χ3v) is 2.94. The van der Waals surface area contributed by atoms with Crippen LogP contribution < -0.4 is 0 Å². The van der Waals surface area contributed by atoms with Crippen LogP contribution in [0.3, 0.4) is 0 Å². The van der Waals surface area contributed by atoms with Crippen molar-refractivity contribution in [3.05, 3.63) is 36.0 Å². The molecule has 0 heterocycles. The van der Waals surface area contributed by atoms with Crippen molar-refractivity contribution in [2.24, 2.45) is 4.99 Å². The fourth-order valence-electron chi connectivity index (χ4n) is 1.72. The Hall–Kier alpha value is -1.75. The Morgan fingerprint density at radius 2 is 2.37 bits per heavy atom. The third kappa shape index (κ3) is 4.79.